The van der Waals surface area contributed by atoms with Crippen LogP contribution in [-0.4, -0.2) is 46.5 Å². The maximum absolute atomic E-state index is 11.6. The van der Waals surface area contributed by atoms with Gasteiger partial charge in [-0.1, -0.05) is 23.4 Å². The summed E-state index contributed by atoms with van der Waals surface area (Å²) in [6.45, 7) is 2.20. The fourth-order valence-corrected chi connectivity index (χ4v) is 2.56. The van der Waals surface area contributed by atoms with E-state index in [1.807, 2.05) is 0 Å². The number of aromatic amines is 1. The molecular formula is C14H16ClN5O3S. The molecule has 0 fully saturated rings. The summed E-state index contributed by atoms with van der Waals surface area (Å²) in [6.07, 6.45) is 0. The second-order valence-corrected chi connectivity index (χ2v) is 5.89. The highest BCUT2D eigenvalue weighted by atomic mass is 35.5. The number of nitrogens with zero attached hydrogens (tertiary/aromatic N) is 2. The minimum atomic E-state index is -0.526. The van der Waals surface area contributed by atoms with Gasteiger partial charge in [-0.2, -0.15) is 0 Å². The van der Waals surface area contributed by atoms with Crippen LogP contribution in [0.3, 0.4) is 0 Å². The van der Waals surface area contributed by atoms with Gasteiger partial charge in [-0.3, -0.25) is 15.2 Å². The fourth-order valence-electron chi connectivity index (χ4n) is 1.79. The number of urea groups is 1. The molecule has 2 rings (SSSR count). The molecular weight excluding hydrogens is 354 g/mol. The number of thioether (sulfide) groups is 1. The van der Waals surface area contributed by atoms with Crippen molar-refractivity contribution in [1.29, 1.82) is 0 Å². The minimum absolute atomic E-state index is 0.0150. The summed E-state index contributed by atoms with van der Waals surface area (Å²) in [5.74, 6) is 0.654. The quantitative estimate of drug-likeness (QED) is 0.672. The molecule has 0 saturated carbocycles. The second-order valence-electron chi connectivity index (χ2n) is 4.51. The van der Waals surface area contributed by atoms with Crippen molar-refractivity contribution in [2.75, 3.05) is 19.4 Å². The number of carbonyl (C=O) groups is 2. The van der Waals surface area contributed by atoms with Gasteiger partial charge in [-0.15, -0.1) is 5.10 Å². The zero-order valence-electron chi connectivity index (χ0n) is 13.1. The molecule has 0 atom stereocenters. The van der Waals surface area contributed by atoms with E-state index in [1.165, 1.54) is 0 Å². The van der Waals surface area contributed by atoms with E-state index >= 15 is 0 Å². The highest BCUT2D eigenvalue weighted by Crippen LogP contribution is 2.31. The Morgan fingerprint density at radius 2 is 2.21 bits per heavy atom. The summed E-state index contributed by atoms with van der Waals surface area (Å²) < 4.78 is 5.27. The van der Waals surface area contributed by atoms with Crippen LogP contribution in [0.4, 0.5) is 4.79 Å². The number of rotatable bonds is 6. The Bertz CT molecular complexity index is 737. The molecule has 1 aromatic heterocycles. The second kappa shape index (κ2) is 8.55. The molecule has 3 amide bonds. The molecule has 1 heterocycles. The van der Waals surface area contributed by atoms with Gasteiger partial charge in [0.1, 0.15) is 5.75 Å². The molecule has 0 aliphatic carbocycles. The minimum Gasteiger partial charge on any atom is -0.496 e. The predicted molar refractivity (Wildman–Crippen MR) is 91.3 cm³/mol. The molecule has 0 radical (unpaired) electrons. The summed E-state index contributed by atoms with van der Waals surface area (Å²) in [4.78, 5) is 27.2. The molecule has 0 saturated heterocycles. The average molecular weight is 370 g/mol. The van der Waals surface area contributed by atoms with Crippen LogP contribution in [0.1, 0.15) is 6.92 Å². The van der Waals surface area contributed by atoms with Crippen LogP contribution >= 0.6 is 23.4 Å². The smallest absolute Gasteiger partial charge is 0.321 e. The van der Waals surface area contributed by atoms with Crippen LogP contribution in [0.2, 0.25) is 5.02 Å². The largest absolute Gasteiger partial charge is 0.496 e. The van der Waals surface area contributed by atoms with Crippen molar-refractivity contribution in [1.82, 2.24) is 25.8 Å². The molecule has 0 aliphatic heterocycles. The summed E-state index contributed by atoms with van der Waals surface area (Å²) in [5, 5.41) is 12.4. The molecule has 3 N–H and O–H groups in total. The molecule has 24 heavy (non-hydrogen) atoms. The Hall–Kier alpha value is -2.26. The first kappa shape index (κ1) is 18.1. The SMILES string of the molecule is CCNC(=O)NC(=O)CSc1n[nH]c(-c2cc(Cl)ccc2OC)n1. The normalized spacial score (nSPS) is 10.3. The number of amides is 3. The number of imide groups is 1. The molecule has 0 aliphatic rings. The van der Waals surface area contributed by atoms with Crippen molar-refractivity contribution in [3.05, 3.63) is 23.2 Å². The number of carbonyl (C=O) groups excluding carboxylic acids is 2. The Kier molecular flexibility index (Phi) is 6.44. The van der Waals surface area contributed by atoms with E-state index < -0.39 is 11.9 Å². The molecule has 10 heteroatoms. The number of methoxy groups -OCH3 is 1. The Balaban J connectivity index is 2.00. The van der Waals surface area contributed by atoms with Gasteiger partial charge in [-0.05, 0) is 25.1 Å². The van der Waals surface area contributed by atoms with Crippen LogP contribution in [0.15, 0.2) is 23.4 Å². The van der Waals surface area contributed by atoms with E-state index in [0.717, 1.165) is 11.8 Å². The Labute approximate surface area is 147 Å². The number of nitrogens with one attached hydrogen (secondary N) is 3. The summed E-state index contributed by atoms with van der Waals surface area (Å²) in [5.41, 5.74) is 0.663. The van der Waals surface area contributed by atoms with E-state index in [9.17, 15) is 9.59 Å². The monoisotopic (exact) mass is 369 g/mol. The van der Waals surface area contributed by atoms with E-state index in [0.29, 0.717) is 33.9 Å². The fraction of sp³-hybridized carbons (Fsp3) is 0.286. The van der Waals surface area contributed by atoms with E-state index in [2.05, 4.69) is 25.8 Å². The van der Waals surface area contributed by atoms with Crippen LogP contribution in [0.5, 0.6) is 5.75 Å². The number of ether oxygens (including phenoxy) is 1. The Morgan fingerprint density at radius 3 is 2.92 bits per heavy atom. The highest BCUT2D eigenvalue weighted by Gasteiger charge is 2.14. The standard InChI is InChI=1S/C14H16ClN5O3S/c1-3-16-13(22)17-11(21)7-24-14-18-12(19-20-14)9-6-8(15)4-5-10(9)23-2/h4-6H,3,7H2,1-2H3,(H,18,19,20)(H2,16,17,21,22). The molecule has 0 spiro atoms. The van der Waals surface area contributed by atoms with Crippen molar-refractivity contribution in [3.63, 3.8) is 0 Å². The first-order valence-corrected chi connectivity index (χ1v) is 8.36. The van der Waals surface area contributed by atoms with Gasteiger partial charge < -0.3 is 10.1 Å². The van der Waals surface area contributed by atoms with Crippen LogP contribution in [-0.2, 0) is 4.79 Å². The topological polar surface area (TPSA) is 109 Å². The van der Waals surface area contributed by atoms with Crippen molar-refractivity contribution in [2.45, 2.75) is 12.1 Å². The predicted octanol–water partition coefficient (Wildman–Crippen LogP) is 2.07. The number of hydrogen-bond acceptors (Lipinski definition) is 6. The summed E-state index contributed by atoms with van der Waals surface area (Å²) >= 11 is 7.10. The lowest BCUT2D eigenvalue weighted by molar-refractivity contribution is -0.117. The zero-order valence-corrected chi connectivity index (χ0v) is 14.6. The van der Waals surface area contributed by atoms with Gasteiger partial charge in [0.15, 0.2) is 5.82 Å². The maximum atomic E-state index is 11.6. The third-order valence-corrected chi connectivity index (χ3v) is 3.89. The lowest BCUT2D eigenvalue weighted by Crippen LogP contribution is -2.40. The van der Waals surface area contributed by atoms with Gasteiger partial charge in [0.2, 0.25) is 11.1 Å². The number of H-pyrrole nitrogens is 1. The van der Waals surface area contributed by atoms with Gasteiger partial charge in [-0.25, -0.2) is 9.78 Å². The molecule has 128 valence electrons. The van der Waals surface area contributed by atoms with Gasteiger partial charge in [0, 0.05) is 11.6 Å². The summed E-state index contributed by atoms with van der Waals surface area (Å²) in [7, 11) is 1.55. The van der Waals surface area contributed by atoms with Crippen molar-refractivity contribution in [2.24, 2.45) is 0 Å². The average Bonchev–Trinajstić information content (AvgIpc) is 3.02. The van der Waals surface area contributed by atoms with Gasteiger partial charge in [0.05, 0.1) is 18.4 Å². The number of halogens is 1. The van der Waals surface area contributed by atoms with E-state index in [4.69, 9.17) is 16.3 Å². The lowest BCUT2D eigenvalue weighted by atomic mass is 10.2. The van der Waals surface area contributed by atoms with Crippen molar-refractivity contribution < 1.29 is 14.3 Å². The van der Waals surface area contributed by atoms with Gasteiger partial charge >= 0.3 is 6.03 Å². The molecule has 0 unspecified atom stereocenters. The van der Waals surface area contributed by atoms with Crippen LogP contribution < -0.4 is 15.4 Å². The lowest BCUT2D eigenvalue weighted by Gasteiger charge is -2.05. The van der Waals surface area contributed by atoms with Crippen LogP contribution in [0, 0.1) is 0 Å². The number of benzene rings is 1. The maximum Gasteiger partial charge on any atom is 0.321 e. The molecule has 8 nitrogen and oxygen atoms in total. The highest BCUT2D eigenvalue weighted by molar-refractivity contribution is 7.99. The first-order valence-electron chi connectivity index (χ1n) is 7.00. The summed E-state index contributed by atoms with van der Waals surface area (Å²) in [6, 6.07) is 4.62. The first-order chi connectivity index (χ1) is 11.5. The van der Waals surface area contributed by atoms with Crippen molar-refractivity contribution >= 4 is 35.3 Å². The zero-order chi connectivity index (χ0) is 17.5. The number of aromatic nitrogens is 3. The number of hydrogen-bond donors (Lipinski definition) is 3. The van der Waals surface area contributed by atoms with Gasteiger partial charge in [0.25, 0.3) is 0 Å². The third kappa shape index (κ3) is 4.87. The van der Waals surface area contributed by atoms with E-state index in [-0.39, 0.29) is 5.75 Å². The molecule has 1 aromatic carbocycles. The molecule has 0 bridgehead atoms. The Morgan fingerprint density at radius 1 is 1.42 bits per heavy atom. The van der Waals surface area contributed by atoms with Crippen LogP contribution in [0.25, 0.3) is 11.4 Å². The third-order valence-electron chi connectivity index (χ3n) is 2.80. The van der Waals surface area contributed by atoms with E-state index in [1.54, 1.807) is 32.2 Å². The molecule has 2 aromatic rings. The van der Waals surface area contributed by atoms with Crippen molar-refractivity contribution in [3.8, 4) is 17.1 Å².